The molecule has 1 aliphatic rings. The SMILES string of the molecule is COC(=O)NC(C)C(=O)NCC1(c2ccc(F)cc2)CCCC1. The van der Waals surface area contributed by atoms with Gasteiger partial charge in [0, 0.05) is 12.0 Å². The number of hydrogen-bond donors (Lipinski definition) is 2. The summed E-state index contributed by atoms with van der Waals surface area (Å²) in [6, 6.07) is 5.83. The predicted octanol–water partition coefficient (Wildman–Crippen LogP) is 2.50. The molecule has 5 nitrogen and oxygen atoms in total. The van der Waals surface area contributed by atoms with Crippen LogP contribution in [0.2, 0.25) is 0 Å². The van der Waals surface area contributed by atoms with E-state index in [4.69, 9.17) is 0 Å². The number of carbonyl (C=O) groups excluding carboxylic acids is 2. The van der Waals surface area contributed by atoms with E-state index in [1.807, 2.05) is 0 Å². The third kappa shape index (κ3) is 4.21. The Kier molecular flexibility index (Phi) is 5.58. The van der Waals surface area contributed by atoms with E-state index in [1.165, 1.54) is 19.2 Å². The van der Waals surface area contributed by atoms with Gasteiger partial charge in [0.05, 0.1) is 7.11 Å². The molecule has 1 atom stereocenters. The standard InChI is InChI=1S/C17H23FN2O3/c1-12(20-16(22)23-2)15(21)19-11-17(9-3-4-10-17)13-5-7-14(18)8-6-13/h5-8,12H,3-4,9-11H2,1-2H3,(H,19,21)(H,20,22). The number of nitrogens with one attached hydrogen (secondary N) is 2. The van der Waals surface area contributed by atoms with E-state index in [2.05, 4.69) is 15.4 Å². The van der Waals surface area contributed by atoms with Crippen LogP contribution in [0.25, 0.3) is 0 Å². The maximum atomic E-state index is 13.2. The Morgan fingerprint density at radius 2 is 1.87 bits per heavy atom. The molecule has 23 heavy (non-hydrogen) atoms. The maximum Gasteiger partial charge on any atom is 0.407 e. The largest absolute Gasteiger partial charge is 0.453 e. The molecule has 0 aliphatic heterocycles. The van der Waals surface area contributed by atoms with Crippen molar-refractivity contribution >= 4 is 12.0 Å². The Hall–Kier alpha value is -2.11. The summed E-state index contributed by atoms with van der Waals surface area (Å²) in [7, 11) is 1.25. The van der Waals surface area contributed by atoms with E-state index in [0.717, 1.165) is 31.2 Å². The molecular weight excluding hydrogens is 299 g/mol. The Morgan fingerprint density at radius 1 is 1.26 bits per heavy atom. The van der Waals surface area contributed by atoms with Crippen LogP contribution < -0.4 is 10.6 Å². The van der Waals surface area contributed by atoms with Crippen LogP contribution in [0.3, 0.4) is 0 Å². The second-order valence-electron chi connectivity index (χ2n) is 6.07. The second kappa shape index (κ2) is 7.44. The highest BCUT2D eigenvalue weighted by molar-refractivity contribution is 5.85. The summed E-state index contributed by atoms with van der Waals surface area (Å²) in [5.74, 6) is -0.523. The van der Waals surface area contributed by atoms with Gasteiger partial charge in [0.25, 0.3) is 0 Å². The van der Waals surface area contributed by atoms with Gasteiger partial charge in [0.1, 0.15) is 11.9 Å². The van der Waals surface area contributed by atoms with Crippen LogP contribution in [0.5, 0.6) is 0 Å². The van der Waals surface area contributed by atoms with Crippen molar-refractivity contribution in [2.24, 2.45) is 0 Å². The molecule has 2 amide bonds. The van der Waals surface area contributed by atoms with Crippen LogP contribution in [0.4, 0.5) is 9.18 Å². The van der Waals surface area contributed by atoms with Crippen molar-refractivity contribution in [3.63, 3.8) is 0 Å². The number of amides is 2. The lowest BCUT2D eigenvalue weighted by atomic mass is 9.78. The molecular formula is C17H23FN2O3. The summed E-state index contributed by atoms with van der Waals surface area (Å²) in [5, 5.41) is 5.35. The van der Waals surface area contributed by atoms with Gasteiger partial charge in [-0.05, 0) is 37.5 Å². The molecule has 2 N–H and O–H groups in total. The molecule has 0 aromatic heterocycles. The molecule has 1 unspecified atom stereocenters. The van der Waals surface area contributed by atoms with Gasteiger partial charge in [0.15, 0.2) is 0 Å². The topological polar surface area (TPSA) is 67.4 Å². The van der Waals surface area contributed by atoms with E-state index >= 15 is 0 Å². The van der Waals surface area contributed by atoms with Crippen LogP contribution in [0.15, 0.2) is 24.3 Å². The molecule has 1 aromatic carbocycles. The summed E-state index contributed by atoms with van der Waals surface area (Å²) in [6.45, 7) is 2.08. The first-order valence-electron chi connectivity index (χ1n) is 7.85. The Balaban J connectivity index is 2.01. The quantitative estimate of drug-likeness (QED) is 0.875. The highest BCUT2D eigenvalue weighted by atomic mass is 19.1. The van der Waals surface area contributed by atoms with Crippen molar-refractivity contribution in [3.8, 4) is 0 Å². The van der Waals surface area contributed by atoms with E-state index in [9.17, 15) is 14.0 Å². The lowest BCUT2D eigenvalue weighted by molar-refractivity contribution is -0.122. The van der Waals surface area contributed by atoms with E-state index < -0.39 is 12.1 Å². The number of rotatable bonds is 5. The number of alkyl carbamates (subject to hydrolysis) is 1. The molecule has 1 aromatic rings. The molecule has 0 bridgehead atoms. The minimum absolute atomic E-state index is 0.158. The third-order valence-electron chi connectivity index (χ3n) is 4.53. The van der Waals surface area contributed by atoms with E-state index in [0.29, 0.717) is 6.54 Å². The molecule has 1 aliphatic carbocycles. The van der Waals surface area contributed by atoms with Crippen LogP contribution >= 0.6 is 0 Å². The fraction of sp³-hybridized carbons (Fsp3) is 0.529. The second-order valence-corrected chi connectivity index (χ2v) is 6.07. The van der Waals surface area contributed by atoms with Crippen molar-refractivity contribution in [1.82, 2.24) is 10.6 Å². The highest BCUT2D eigenvalue weighted by Crippen LogP contribution is 2.40. The molecule has 6 heteroatoms. The van der Waals surface area contributed by atoms with E-state index in [1.54, 1.807) is 19.1 Å². The van der Waals surface area contributed by atoms with Gasteiger partial charge in [-0.15, -0.1) is 0 Å². The van der Waals surface area contributed by atoms with Gasteiger partial charge in [-0.1, -0.05) is 25.0 Å². The number of ether oxygens (including phenoxy) is 1. The minimum atomic E-state index is -0.672. The summed E-state index contributed by atoms with van der Waals surface area (Å²) >= 11 is 0. The first-order chi connectivity index (χ1) is 11.0. The highest BCUT2D eigenvalue weighted by Gasteiger charge is 2.36. The lowest BCUT2D eigenvalue weighted by Crippen LogP contribution is -2.48. The number of benzene rings is 1. The number of carbonyl (C=O) groups is 2. The summed E-state index contributed by atoms with van der Waals surface area (Å²) in [5.41, 5.74) is 0.888. The molecule has 1 saturated carbocycles. The molecule has 1 fully saturated rings. The average Bonchev–Trinajstić information content (AvgIpc) is 3.03. The van der Waals surface area contributed by atoms with Crippen molar-refractivity contribution < 1.29 is 18.7 Å². The Bertz CT molecular complexity index is 553. The number of halogens is 1. The fourth-order valence-corrected chi connectivity index (χ4v) is 3.13. The first kappa shape index (κ1) is 17.2. The number of methoxy groups -OCH3 is 1. The molecule has 2 rings (SSSR count). The summed E-state index contributed by atoms with van der Waals surface area (Å²) in [6.07, 6.45) is 3.45. The van der Waals surface area contributed by atoms with Crippen LogP contribution in [0, 0.1) is 5.82 Å². The predicted molar refractivity (Wildman–Crippen MR) is 84.6 cm³/mol. The molecule has 0 saturated heterocycles. The van der Waals surface area contributed by atoms with Crippen molar-refractivity contribution in [2.45, 2.75) is 44.1 Å². The van der Waals surface area contributed by atoms with Gasteiger partial charge >= 0.3 is 6.09 Å². The fourth-order valence-electron chi connectivity index (χ4n) is 3.13. The van der Waals surface area contributed by atoms with Crippen molar-refractivity contribution in [3.05, 3.63) is 35.6 Å². The van der Waals surface area contributed by atoms with Gasteiger partial charge in [-0.3, -0.25) is 4.79 Å². The van der Waals surface area contributed by atoms with Gasteiger partial charge < -0.3 is 15.4 Å². The normalized spacial score (nSPS) is 17.3. The Morgan fingerprint density at radius 3 is 2.43 bits per heavy atom. The minimum Gasteiger partial charge on any atom is -0.453 e. The van der Waals surface area contributed by atoms with Crippen molar-refractivity contribution in [1.29, 1.82) is 0 Å². The van der Waals surface area contributed by atoms with Gasteiger partial charge in [0.2, 0.25) is 5.91 Å². The molecule has 126 valence electrons. The van der Waals surface area contributed by atoms with Crippen LogP contribution in [-0.2, 0) is 14.9 Å². The molecule has 0 radical (unpaired) electrons. The molecule has 0 heterocycles. The Labute approximate surface area is 135 Å². The third-order valence-corrected chi connectivity index (χ3v) is 4.53. The van der Waals surface area contributed by atoms with E-state index in [-0.39, 0.29) is 17.1 Å². The first-order valence-corrected chi connectivity index (χ1v) is 7.85. The number of hydrogen-bond acceptors (Lipinski definition) is 3. The summed E-state index contributed by atoms with van der Waals surface area (Å²) < 4.78 is 17.6. The van der Waals surface area contributed by atoms with Crippen LogP contribution in [0.1, 0.15) is 38.2 Å². The average molecular weight is 322 g/mol. The monoisotopic (exact) mass is 322 g/mol. The van der Waals surface area contributed by atoms with Gasteiger partial charge in [-0.25, -0.2) is 9.18 Å². The zero-order valence-corrected chi connectivity index (χ0v) is 13.5. The maximum absolute atomic E-state index is 13.2. The van der Waals surface area contributed by atoms with Crippen molar-refractivity contribution in [2.75, 3.05) is 13.7 Å². The van der Waals surface area contributed by atoms with Crippen LogP contribution in [-0.4, -0.2) is 31.7 Å². The molecule has 0 spiro atoms. The summed E-state index contributed by atoms with van der Waals surface area (Å²) in [4.78, 5) is 23.3. The zero-order chi connectivity index (χ0) is 16.9. The smallest absolute Gasteiger partial charge is 0.407 e. The van der Waals surface area contributed by atoms with Gasteiger partial charge in [-0.2, -0.15) is 0 Å². The zero-order valence-electron chi connectivity index (χ0n) is 13.5. The lowest BCUT2D eigenvalue weighted by Gasteiger charge is -2.30.